The van der Waals surface area contributed by atoms with Gasteiger partial charge in [-0.25, -0.2) is 0 Å². The summed E-state index contributed by atoms with van der Waals surface area (Å²) in [5.41, 5.74) is 17.3. The van der Waals surface area contributed by atoms with Gasteiger partial charge in [0.25, 0.3) is 0 Å². The molecular weight excluding hydrogens is 715 g/mol. The van der Waals surface area contributed by atoms with E-state index in [0.29, 0.717) is 0 Å². The maximum Gasteiger partial charge on any atom is 0.143 e. The molecule has 0 saturated carbocycles. The molecular formula is C57H35NO. The largest absolute Gasteiger partial charge is 0.455 e. The topological polar surface area (TPSA) is 16.4 Å². The zero-order valence-electron chi connectivity index (χ0n) is 32.1. The van der Waals surface area contributed by atoms with Gasteiger partial charge in [-0.05, 0) is 103 Å². The number of anilines is 3. The van der Waals surface area contributed by atoms with Crippen molar-refractivity contribution in [2.45, 2.75) is 5.41 Å². The van der Waals surface area contributed by atoms with Crippen LogP contribution in [0.25, 0.3) is 76.9 Å². The van der Waals surface area contributed by atoms with Crippen molar-refractivity contribution in [2.75, 3.05) is 4.90 Å². The molecule has 0 amide bonds. The van der Waals surface area contributed by atoms with Gasteiger partial charge < -0.3 is 9.32 Å². The van der Waals surface area contributed by atoms with Crippen molar-refractivity contribution in [3.8, 4) is 33.4 Å². The van der Waals surface area contributed by atoms with Crippen LogP contribution >= 0.6 is 0 Å². The van der Waals surface area contributed by atoms with Gasteiger partial charge >= 0.3 is 0 Å². The van der Waals surface area contributed by atoms with Crippen LogP contribution in [-0.2, 0) is 5.41 Å². The molecule has 10 aromatic carbocycles. The lowest BCUT2D eigenvalue weighted by Crippen LogP contribution is -2.26. The standard InChI is InChI=1S/C57H35NO/c1-3-17-36(18-4-1)39-33-34-52-54(53-46-26-9-7-21-40(46)41-22-8-10-27-47(41)56(53)59-52)55(39)58(37-19-5-2-6-20-37)38-31-32-45-44-25-13-16-30-50(44)57(51(45)35-38)48-28-14-11-23-42(48)43-24-12-15-29-49(43)57/h1-35H. The molecule has 2 heteroatoms. The molecule has 0 unspecified atom stereocenters. The fourth-order valence-corrected chi connectivity index (χ4v) is 10.8. The monoisotopic (exact) mass is 749 g/mol. The number of fused-ring (bicyclic) bond motifs is 18. The lowest BCUT2D eigenvalue weighted by atomic mass is 9.70. The number of para-hydroxylation sites is 1. The highest BCUT2D eigenvalue weighted by Gasteiger charge is 2.51. The Bertz CT molecular complexity index is 3440. The second-order valence-electron chi connectivity index (χ2n) is 15.9. The fourth-order valence-electron chi connectivity index (χ4n) is 10.8. The Morgan fingerprint density at radius 3 is 1.47 bits per heavy atom. The molecule has 2 nitrogen and oxygen atoms in total. The molecule has 2 aliphatic rings. The van der Waals surface area contributed by atoms with Crippen LogP contribution in [0, 0.1) is 0 Å². The number of rotatable bonds is 4. The molecule has 1 spiro atoms. The van der Waals surface area contributed by atoms with Gasteiger partial charge in [-0.2, -0.15) is 0 Å². The highest BCUT2D eigenvalue weighted by Crippen LogP contribution is 2.63. The Hall–Kier alpha value is -7.68. The molecule has 11 aromatic rings. The molecule has 0 aliphatic heterocycles. The second-order valence-corrected chi connectivity index (χ2v) is 15.9. The summed E-state index contributed by atoms with van der Waals surface area (Å²) in [4.78, 5) is 2.49. The molecule has 0 atom stereocenters. The van der Waals surface area contributed by atoms with Crippen LogP contribution in [0.15, 0.2) is 217 Å². The number of nitrogens with zero attached hydrogens (tertiary/aromatic N) is 1. The molecule has 0 radical (unpaired) electrons. The normalized spacial score (nSPS) is 13.2. The van der Waals surface area contributed by atoms with E-state index in [1.54, 1.807) is 0 Å². The number of furan rings is 1. The van der Waals surface area contributed by atoms with Crippen LogP contribution in [-0.4, -0.2) is 0 Å². The van der Waals surface area contributed by atoms with Crippen LogP contribution in [0.5, 0.6) is 0 Å². The van der Waals surface area contributed by atoms with E-state index < -0.39 is 5.41 Å². The predicted molar refractivity (Wildman–Crippen MR) is 245 cm³/mol. The molecule has 0 fully saturated rings. The summed E-state index contributed by atoms with van der Waals surface area (Å²) in [7, 11) is 0. The van der Waals surface area contributed by atoms with Gasteiger partial charge in [0.15, 0.2) is 0 Å². The van der Waals surface area contributed by atoms with Crippen LogP contribution in [0.1, 0.15) is 22.3 Å². The van der Waals surface area contributed by atoms with Crippen LogP contribution in [0.2, 0.25) is 0 Å². The first-order valence-electron chi connectivity index (χ1n) is 20.4. The zero-order chi connectivity index (χ0) is 38.7. The highest BCUT2D eigenvalue weighted by atomic mass is 16.3. The minimum absolute atomic E-state index is 0.469. The summed E-state index contributed by atoms with van der Waals surface area (Å²) in [6.45, 7) is 0. The first-order chi connectivity index (χ1) is 29.3. The van der Waals surface area contributed by atoms with Gasteiger partial charge in [0, 0.05) is 27.7 Å². The van der Waals surface area contributed by atoms with E-state index in [4.69, 9.17) is 4.42 Å². The highest BCUT2D eigenvalue weighted by molar-refractivity contribution is 6.33. The van der Waals surface area contributed by atoms with Crippen molar-refractivity contribution >= 4 is 60.5 Å². The Kier molecular flexibility index (Phi) is 6.68. The molecule has 1 aromatic heterocycles. The number of hydrogen-bond acceptors (Lipinski definition) is 2. The summed E-state index contributed by atoms with van der Waals surface area (Å²) >= 11 is 0. The Morgan fingerprint density at radius 2 is 0.831 bits per heavy atom. The third kappa shape index (κ3) is 4.30. The molecule has 59 heavy (non-hydrogen) atoms. The first-order valence-corrected chi connectivity index (χ1v) is 20.4. The quantitative estimate of drug-likeness (QED) is 0.167. The van der Waals surface area contributed by atoms with E-state index >= 15 is 0 Å². The lowest BCUT2D eigenvalue weighted by Gasteiger charge is -2.33. The van der Waals surface area contributed by atoms with E-state index in [2.05, 4.69) is 217 Å². The van der Waals surface area contributed by atoms with Gasteiger partial charge in [-0.15, -0.1) is 0 Å². The minimum Gasteiger partial charge on any atom is -0.455 e. The fraction of sp³-hybridized carbons (Fsp3) is 0.0175. The van der Waals surface area contributed by atoms with E-state index in [1.807, 2.05) is 0 Å². The minimum atomic E-state index is -0.469. The van der Waals surface area contributed by atoms with Gasteiger partial charge in [-0.3, -0.25) is 0 Å². The van der Waals surface area contributed by atoms with Crippen molar-refractivity contribution in [1.29, 1.82) is 0 Å². The molecule has 274 valence electrons. The van der Waals surface area contributed by atoms with E-state index in [0.717, 1.165) is 55.5 Å². The molecule has 2 aliphatic carbocycles. The average molecular weight is 750 g/mol. The summed E-state index contributed by atoms with van der Waals surface area (Å²) in [5, 5.41) is 6.94. The average Bonchev–Trinajstić information content (AvgIpc) is 3.95. The molecule has 13 rings (SSSR count). The third-order valence-electron chi connectivity index (χ3n) is 13.0. The van der Waals surface area contributed by atoms with Crippen molar-refractivity contribution in [3.63, 3.8) is 0 Å². The van der Waals surface area contributed by atoms with Crippen molar-refractivity contribution in [3.05, 3.63) is 235 Å². The molecule has 0 bridgehead atoms. The van der Waals surface area contributed by atoms with Gasteiger partial charge in [0.2, 0.25) is 0 Å². The van der Waals surface area contributed by atoms with Crippen molar-refractivity contribution in [1.82, 2.24) is 0 Å². The molecule has 1 heterocycles. The first kappa shape index (κ1) is 32.4. The number of hydrogen-bond donors (Lipinski definition) is 0. The third-order valence-corrected chi connectivity index (χ3v) is 13.0. The maximum atomic E-state index is 7.07. The summed E-state index contributed by atoms with van der Waals surface area (Å²) in [6.07, 6.45) is 0. The summed E-state index contributed by atoms with van der Waals surface area (Å²) < 4.78 is 7.07. The van der Waals surface area contributed by atoms with Gasteiger partial charge in [-0.1, -0.05) is 176 Å². The SMILES string of the molecule is c1ccc(-c2ccc3oc4c5ccccc5c5ccccc5c4c3c2N(c2ccccc2)c2ccc3c(c2)C2(c4ccccc4-c4ccccc42)c2ccccc2-3)cc1. The van der Waals surface area contributed by atoms with E-state index in [9.17, 15) is 0 Å². The van der Waals surface area contributed by atoms with Crippen LogP contribution in [0.3, 0.4) is 0 Å². The van der Waals surface area contributed by atoms with Crippen LogP contribution < -0.4 is 4.90 Å². The summed E-state index contributed by atoms with van der Waals surface area (Å²) in [5.74, 6) is 0. The summed E-state index contributed by atoms with van der Waals surface area (Å²) in [6, 6.07) is 77.9. The Labute approximate surface area is 341 Å². The second kappa shape index (κ2) is 12.2. The molecule has 0 N–H and O–H groups in total. The number of benzene rings is 10. The lowest BCUT2D eigenvalue weighted by molar-refractivity contribution is 0.673. The van der Waals surface area contributed by atoms with E-state index in [-0.39, 0.29) is 0 Å². The smallest absolute Gasteiger partial charge is 0.143 e. The molecule has 0 saturated heterocycles. The van der Waals surface area contributed by atoms with E-state index in [1.165, 1.54) is 60.7 Å². The van der Waals surface area contributed by atoms with Crippen molar-refractivity contribution in [2.24, 2.45) is 0 Å². The predicted octanol–water partition coefficient (Wildman–Crippen LogP) is 15.4. The van der Waals surface area contributed by atoms with Gasteiger partial charge in [0.1, 0.15) is 11.2 Å². The Balaban J connectivity index is 1.19. The maximum absolute atomic E-state index is 7.07. The van der Waals surface area contributed by atoms with Gasteiger partial charge in [0.05, 0.1) is 16.5 Å². The van der Waals surface area contributed by atoms with Crippen LogP contribution in [0.4, 0.5) is 17.1 Å². The zero-order valence-corrected chi connectivity index (χ0v) is 32.1. The van der Waals surface area contributed by atoms with Crippen molar-refractivity contribution < 1.29 is 4.42 Å². The Morgan fingerprint density at radius 1 is 0.339 bits per heavy atom.